The number of morpholine rings is 1. The fourth-order valence-electron chi connectivity index (χ4n) is 4.02. The van der Waals surface area contributed by atoms with Gasteiger partial charge in [0.05, 0.1) is 13.2 Å². The number of amides is 2. The maximum absolute atomic E-state index is 12.6. The zero-order valence-electron chi connectivity index (χ0n) is 21.3. The molecule has 2 aliphatic rings. The number of hydrogen-bond donors (Lipinski definition) is 4. The zero-order chi connectivity index (χ0) is 27.2. The predicted octanol–water partition coefficient (Wildman–Crippen LogP) is -0.0342. The molecule has 36 heavy (non-hydrogen) atoms. The van der Waals surface area contributed by atoms with Gasteiger partial charge < -0.3 is 29.3 Å². The first-order valence-corrected chi connectivity index (χ1v) is 11.3. The highest BCUT2D eigenvalue weighted by molar-refractivity contribution is 5.99. The third kappa shape index (κ3) is 5.60. The highest BCUT2D eigenvalue weighted by Gasteiger charge is 2.65. The normalized spacial score (nSPS) is 26.2. The Morgan fingerprint density at radius 3 is 2.36 bits per heavy atom. The monoisotopic (exact) mass is 511 g/mol. The van der Waals surface area contributed by atoms with Gasteiger partial charge in [-0.1, -0.05) is 0 Å². The van der Waals surface area contributed by atoms with Crippen molar-refractivity contribution in [1.82, 2.24) is 19.8 Å². The Labute approximate surface area is 206 Å². The summed E-state index contributed by atoms with van der Waals surface area (Å²) in [7, 11) is 0. The van der Waals surface area contributed by atoms with Crippen molar-refractivity contribution in [3.8, 4) is 0 Å². The molecule has 2 aliphatic heterocycles. The van der Waals surface area contributed by atoms with E-state index in [0.29, 0.717) is 0 Å². The van der Waals surface area contributed by atoms with Crippen molar-refractivity contribution < 1.29 is 34.0 Å². The molecule has 3 heterocycles. The summed E-state index contributed by atoms with van der Waals surface area (Å²) in [5.74, 6) is -0.333. The van der Waals surface area contributed by atoms with E-state index in [4.69, 9.17) is 14.2 Å². The van der Waals surface area contributed by atoms with Crippen molar-refractivity contribution in [3.05, 3.63) is 32.6 Å². The molecule has 2 bridgehead atoms. The minimum atomic E-state index is -1.58. The van der Waals surface area contributed by atoms with Gasteiger partial charge >= 0.3 is 17.9 Å². The molecule has 14 heteroatoms. The fraction of sp³-hybridized carbons (Fsp3) is 0.682. The van der Waals surface area contributed by atoms with Gasteiger partial charge in [-0.3, -0.25) is 19.7 Å². The number of aromatic nitrogens is 2. The maximum atomic E-state index is 12.6. The first-order valence-electron chi connectivity index (χ1n) is 11.3. The number of H-pyrrole nitrogens is 1. The lowest BCUT2D eigenvalue weighted by Crippen LogP contribution is -2.56. The number of aryl methyl sites for hydroxylation is 1. The number of alkyl carbamates (subject to hydrolysis) is 1. The Morgan fingerprint density at radius 1 is 1.22 bits per heavy atom. The van der Waals surface area contributed by atoms with Crippen LogP contribution in [0.15, 0.2) is 20.8 Å². The van der Waals surface area contributed by atoms with Crippen LogP contribution in [-0.2, 0) is 14.2 Å². The van der Waals surface area contributed by atoms with Crippen LogP contribution < -0.4 is 16.6 Å². The summed E-state index contributed by atoms with van der Waals surface area (Å²) in [4.78, 5) is 56.9. The number of fused-ring (bicyclic) bond motifs is 2. The van der Waals surface area contributed by atoms with Gasteiger partial charge in [0.15, 0.2) is 6.23 Å². The van der Waals surface area contributed by atoms with Crippen LogP contribution in [0.4, 0.5) is 9.59 Å². The van der Waals surface area contributed by atoms with Gasteiger partial charge in [0.25, 0.3) is 5.56 Å². The lowest BCUT2D eigenvalue weighted by atomic mass is 10.0. The molecule has 0 aliphatic carbocycles. The molecule has 2 fully saturated rings. The predicted molar refractivity (Wildman–Crippen MR) is 126 cm³/mol. The number of carbonyl (C=O) groups excluding carboxylic acids is 2. The third-order valence-corrected chi connectivity index (χ3v) is 5.47. The summed E-state index contributed by atoms with van der Waals surface area (Å²) in [6.45, 7) is 10.5. The van der Waals surface area contributed by atoms with E-state index in [1.807, 2.05) is 0 Å². The van der Waals surface area contributed by atoms with Crippen molar-refractivity contribution in [2.75, 3.05) is 13.2 Å². The topological polar surface area (TPSA) is 185 Å². The van der Waals surface area contributed by atoms with Crippen molar-refractivity contribution in [2.24, 2.45) is 4.99 Å². The molecule has 0 aromatic carbocycles. The average molecular weight is 512 g/mol. The van der Waals surface area contributed by atoms with E-state index in [0.717, 1.165) is 4.57 Å². The summed E-state index contributed by atoms with van der Waals surface area (Å²) < 4.78 is 17.5. The van der Waals surface area contributed by atoms with E-state index in [-0.39, 0.29) is 18.1 Å². The maximum Gasteiger partial charge on any atom is 0.437 e. The van der Waals surface area contributed by atoms with Gasteiger partial charge in [-0.05, 0) is 48.5 Å². The van der Waals surface area contributed by atoms with Gasteiger partial charge in [-0.15, -0.1) is 4.99 Å². The number of rotatable bonds is 2. The van der Waals surface area contributed by atoms with Crippen molar-refractivity contribution in [3.63, 3.8) is 0 Å². The molecule has 2 amide bonds. The SMILES string of the molecule is Cc1cn([C@@H]2O[C@@]3(CO)CN(/C(=N\C(=O)OC(C)(C)C)NC(=O)OC(C)(C)C)[C@H]2C3O)c(=O)[nH]c1=O. The number of aliphatic hydroxyl groups is 2. The van der Waals surface area contributed by atoms with Crippen LogP contribution in [0.3, 0.4) is 0 Å². The minimum absolute atomic E-state index is 0.194. The van der Waals surface area contributed by atoms with Crippen LogP contribution in [-0.4, -0.2) is 84.9 Å². The van der Waals surface area contributed by atoms with Crippen LogP contribution in [0.1, 0.15) is 53.3 Å². The second-order valence-corrected chi connectivity index (χ2v) is 10.8. The molecule has 1 aromatic rings. The van der Waals surface area contributed by atoms with Gasteiger partial charge in [-0.2, -0.15) is 0 Å². The molecule has 0 spiro atoms. The number of aromatic amines is 1. The van der Waals surface area contributed by atoms with E-state index in [1.165, 1.54) is 18.0 Å². The second kappa shape index (κ2) is 9.33. The Bertz CT molecular complexity index is 1180. The Morgan fingerprint density at radius 2 is 1.83 bits per heavy atom. The largest absolute Gasteiger partial charge is 0.444 e. The lowest BCUT2D eigenvalue weighted by Gasteiger charge is -2.38. The Hall–Kier alpha value is -3.23. The van der Waals surface area contributed by atoms with Crippen LogP contribution in [0.5, 0.6) is 0 Å². The molecule has 200 valence electrons. The van der Waals surface area contributed by atoms with E-state index in [1.54, 1.807) is 41.5 Å². The van der Waals surface area contributed by atoms with Crippen LogP contribution in [0.25, 0.3) is 0 Å². The standard InChI is InChI=1S/C22H33N5O9/c1-11-8-26(17(31)23-14(11)30)15-12-13(29)22(10-28,34-15)9-27(12)16(24-18(32)35-20(2,3)4)25-19(33)36-21(5,6)7/h8,12-13,15,28-29H,9-10H2,1-7H3,(H,23,30,31)(H,24,25,32,33)/t12-,13?,15+,22+/m0/s1. The summed E-state index contributed by atoms with van der Waals surface area (Å²) in [5, 5.41) is 23.6. The molecule has 1 aromatic heterocycles. The van der Waals surface area contributed by atoms with Gasteiger partial charge in [0, 0.05) is 11.8 Å². The first-order chi connectivity index (χ1) is 16.5. The average Bonchev–Trinajstić information content (AvgIpc) is 3.15. The number of aliphatic hydroxyl groups excluding tert-OH is 2. The number of likely N-dealkylation sites (tertiary alicyclic amines) is 1. The van der Waals surface area contributed by atoms with Crippen LogP contribution >= 0.6 is 0 Å². The van der Waals surface area contributed by atoms with Crippen molar-refractivity contribution in [2.45, 2.75) is 83.6 Å². The molecular formula is C22H33N5O9. The van der Waals surface area contributed by atoms with Gasteiger partial charge in [0.2, 0.25) is 5.96 Å². The van der Waals surface area contributed by atoms with Gasteiger partial charge in [0.1, 0.15) is 28.9 Å². The van der Waals surface area contributed by atoms with Crippen molar-refractivity contribution >= 4 is 18.1 Å². The number of hydrogen-bond acceptors (Lipinski definition) is 9. The van der Waals surface area contributed by atoms with Gasteiger partial charge in [-0.25, -0.2) is 14.4 Å². The number of aliphatic imine (C=N–C) groups is 1. The molecule has 1 unspecified atom stereocenters. The molecule has 4 N–H and O–H groups in total. The number of guanidine groups is 1. The summed E-state index contributed by atoms with van der Waals surface area (Å²) >= 11 is 0. The fourth-order valence-corrected chi connectivity index (χ4v) is 4.02. The molecule has 3 rings (SSSR count). The smallest absolute Gasteiger partial charge is 0.437 e. The molecular weight excluding hydrogens is 478 g/mol. The molecule has 4 atom stereocenters. The van der Waals surface area contributed by atoms with Crippen molar-refractivity contribution in [1.29, 1.82) is 0 Å². The molecule has 14 nitrogen and oxygen atoms in total. The Kier molecular flexibility index (Phi) is 7.09. The summed E-state index contributed by atoms with van der Waals surface area (Å²) in [6, 6.07) is -1.10. The van der Waals surface area contributed by atoms with E-state index >= 15 is 0 Å². The number of nitrogens with one attached hydrogen (secondary N) is 2. The van der Waals surface area contributed by atoms with E-state index in [2.05, 4.69) is 15.3 Å². The Balaban J connectivity index is 2.06. The summed E-state index contributed by atoms with van der Waals surface area (Å²) in [6.07, 6.45) is -3.29. The zero-order valence-corrected chi connectivity index (χ0v) is 21.3. The third-order valence-electron chi connectivity index (χ3n) is 5.47. The van der Waals surface area contributed by atoms with Crippen LogP contribution in [0.2, 0.25) is 0 Å². The second-order valence-electron chi connectivity index (χ2n) is 10.8. The lowest BCUT2D eigenvalue weighted by molar-refractivity contribution is -0.146. The van der Waals surface area contributed by atoms with E-state index in [9.17, 15) is 29.4 Å². The molecule has 0 saturated carbocycles. The highest BCUT2D eigenvalue weighted by atomic mass is 16.6. The summed E-state index contributed by atoms with van der Waals surface area (Å²) in [5.41, 5.74) is -4.54. The molecule has 0 radical (unpaired) electrons. The number of carbonyl (C=O) groups is 2. The van der Waals surface area contributed by atoms with Crippen LogP contribution in [0, 0.1) is 6.92 Å². The first kappa shape index (κ1) is 27.4. The number of ether oxygens (including phenoxy) is 3. The minimum Gasteiger partial charge on any atom is -0.444 e. The highest BCUT2D eigenvalue weighted by Crippen LogP contribution is 2.46. The quantitative estimate of drug-likeness (QED) is 0.310. The number of nitrogens with zero attached hydrogens (tertiary/aromatic N) is 3. The molecule has 2 saturated heterocycles. The van der Waals surface area contributed by atoms with E-state index < -0.39 is 65.2 Å².